The van der Waals surface area contributed by atoms with Crippen molar-refractivity contribution in [3.8, 4) is 11.1 Å². The number of piperidine rings is 1. The molecule has 0 saturated carbocycles. The Bertz CT molecular complexity index is 1560. The molecule has 1 aliphatic rings. The summed E-state index contributed by atoms with van der Waals surface area (Å²) in [6.07, 6.45) is 10.2. The van der Waals surface area contributed by atoms with E-state index in [2.05, 4.69) is 82.8 Å². The number of nitrogens with one attached hydrogen (secondary N) is 1. The van der Waals surface area contributed by atoms with Crippen molar-refractivity contribution < 1.29 is 0 Å². The number of aromatic nitrogens is 6. The third kappa shape index (κ3) is 5.06. The average molecular weight is 513 g/mol. The molecule has 0 unspecified atom stereocenters. The van der Waals surface area contributed by atoms with Gasteiger partial charge in [0, 0.05) is 65.5 Å². The minimum Gasteiger partial charge on any atom is -0.381 e. The summed E-state index contributed by atoms with van der Waals surface area (Å²) in [6, 6.07) is 13.1. The van der Waals surface area contributed by atoms with Gasteiger partial charge in [-0.25, -0.2) is 0 Å². The molecule has 1 aromatic carbocycles. The predicted molar refractivity (Wildman–Crippen MR) is 149 cm³/mol. The third-order valence-corrected chi connectivity index (χ3v) is 8.04. The van der Waals surface area contributed by atoms with Crippen molar-refractivity contribution in [2.45, 2.75) is 55.2 Å². The highest BCUT2D eigenvalue weighted by Gasteiger charge is 2.26. The van der Waals surface area contributed by atoms with E-state index in [-0.39, 0.29) is 5.54 Å². The molecule has 0 bridgehead atoms. The number of anilines is 1. The van der Waals surface area contributed by atoms with E-state index in [1.165, 1.54) is 0 Å². The molecule has 5 heterocycles. The highest BCUT2D eigenvalue weighted by atomic mass is 32.2. The second kappa shape index (κ2) is 9.46. The zero-order chi connectivity index (χ0) is 25.6. The fourth-order valence-electron chi connectivity index (χ4n) is 4.97. The Morgan fingerprint density at radius 2 is 1.78 bits per heavy atom. The Morgan fingerprint density at radius 1 is 0.946 bits per heavy atom. The van der Waals surface area contributed by atoms with Crippen LogP contribution in [-0.2, 0) is 7.05 Å². The van der Waals surface area contributed by atoms with Gasteiger partial charge in [-0.15, -0.1) is 10.2 Å². The normalized spacial score (nSPS) is 15.6. The van der Waals surface area contributed by atoms with Crippen molar-refractivity contribution in [1.29, 1.82) is 0 Å². The Labute approximate surface area is 221 Å². The SMILES string of the molecule is Cn1cc(-c2ccc3nnc(Sc4ccc5ncc(NC6CCN(C(C)(C)C)CC6)cc5c4)n3c2)cn1. The van der Waals surface area contributed by atoms with Crippen LogP contribution in [0.4, 0.5) is 5.69 Å². The van der Waals surface area contributed by atoms with E-state index >= 15 is 0 Å². The van der Waals surface area contributed by atoms with Crippen LogP contribution in [0.15, 0.2) is 71.2 Å². The van der Waals surface area contributed by atoms with E-state index in [4.69, 9.17) is 4.98 Å². The fraction of sp³-hybridized carbons (Fsp3) is 0.357. The maximum atomic E-state index is 4.71. The molecule has 190 valence electrons. The van der Waals surface area contributed by atoms with Gasteiger partial charge in [0.2, 0.25) is 0 Å². The molecule has 5 aromatic rings. The van der Waals surface area contributed by atoms with Crippen molar-refractivity contribution in [2.24, 2.45) is 7.05 Å². The van der Waals surface area contributed by atoms with Gasteiger partial charge in [0.25, 0.3) is 0 Å². The molecular formula is C28H32N8S. The zero-order valence-corrected chi connectivity index (χ0v) is 22.5. The Balaban J connectivity index is 1.21. The highest BCUT2D eigenvalue weighted by molar-refractivity contribution is 7.99. The molecule has 0 aliphatic carbocycles. The lowest BCUT2D eigenvalue weighted by atomic mass is 9.98. The van der Waals surface area contributed by atoms with E-state index in [1.54, 1.807) is 11.8 Å². The second-order valence-electron chi connectivity index (χ2n) is 10.8. The van der Waals surface area contributed by atoms with E-state index in [1.807, 2.05) is 40.8 Å². The first-order valence-corrected chi connectivity index (χ1v) is 13.6. The van der Waals surface area contributed by atoms with Crippen LogP contribution in [0.25, 0.3) is 27.7 Å². The van der Waals surface area contributed by atoms with Gasteiger partial charge in [0.1, 0.15) is 0 Å². The Morgan fingerprint density at radius 3 is 2.54 bits per heavy atom. The van der Waals surface area contributed by atoms with Crippen LogP contribution in [0.2, 0.25) is 0 Å². The van der Waals surface area contributed by atoms with Crippen LogP contribution in [0.5, 0.6) is 0 Å². The van der Waals surface area contributed by atoms with Gasteiger partial charge in [0.15, 0.2) is 10.8 Å². The van der Waals surface area contributed by atoms with E-state index in [9.17, 15) is 0 Å². The largest absolute Gasteiger partial charge is 0.381 e. The van der Waals surface area contributed by atoms with Crippen molar-refractivity contribution in [3.05, 3.63) is 61.2 Å². The molecule has 9 heteroatoms. The first-order chi connectivity index (χ1) is 17.8. The monoisotopic (exact) mass is 512 g/mol. The van der Waals surface area contributed by atoms with E-state index in [0.717, 1.165) is 69.3 Å². The molecule has 0 amide bonds. The molecule has 4 aromatic heterocycles. The summed E-state index contributed by atoms with van der Waals surface area (Å²) in [4.78, 5) is 8.39. The van der Waals surface area contributed by atoms with Crippen molar-refractivity contribution >= 4 is 34.0 Å². The molecule has 37 heavy (non-hydrogen) atoms. The lowest BCUT2D eigenvalue weighted by molar-refractivity contribution is 0.106. The smallest absolute Gasteiger partial charge is 0.200 e. The van der Waals surface area contributed by atoms with Gasteiger partial charge in [-0.1, -0.05) is 0 Å². The summed E-state index contributed by atoms with van der Waals surface area (Å²) in [5.41, 5.74) is 5.27. The van der Waals surface area contributed by atoms with Crippen LogP contribution >= 0.6 is 11.8 Å². The molecule has 6 rings (SSSR count). The van der Waals surface area contributed by atoms with Crippen LogP contribution in [-0.4, -0.2) is 58.9 Å². The van der Waals surface area contributed by atoms with Crippen LogP contribution in [0.1, 0.15) is 33.6 Å². The Kier molecular flexibility index (Phi) is 6.12. The molecule has 1 saturated heterocycles. The molecule has 1 fully saturated rings. The quantitative estimate of drug-likeness (QED) is 0.333. The molecular weight excluding hydrogens is 480 g/mol. The third-order valence-electron chi connectivity index (χ3n) is 7.09. The van der Waals surface area contributed by atoms with Crippen molar-refractivity contribution in [1.82, 2.24) is 34.3 Å². The number of likely N-dealkylation sites (tertiary alicyclic amines) is 1. The lowest BCUT2D eigenvalue weighted by Crippen LogP contribution is -2.48. The molecule has 0 atom stereocenters. The van der Waals surface area contributed by atoms with Crippen LogP contribution < -0.4 is 5.32 Å². The van der Waals surface area contributed by atoms with E-state index in [0.29, 0.717) is 6.04 Å². The number of pyridine rings is 2. The molecule has 0 spiro atoms. The standard InChI is InChI=1S/C28H32N8S/c1-28(2,3)35-11-9-22(10-12-35)31-23-13-20-14-24(6-7-25(20)29-16-23)37-27-33-32-26-8-5-19(18-36(26)27)21-15-30-34(4)17-21/h5-8,13-18,22,31H,9-12H2,1-4H3. The van der Waals surface area contributed by atoms with Gasteiger partial charge >= 0.3 is 0 Å². The highest BCUT2D eigenvalue weighted by Crippen LogP contribution is 2.31. The van der Waals surface area contributed by atoms with Crippen LogP contribution in [0.3, 0.4) is 0 Å². The summed E-state index contributed by atoms with van der Waals surface area (Å²) < 4.78 is 3.85. The minimum atomic E-state index is 0.236. The van der Waals surface area contributed by atoms with Crippen LogP contribution in [0, 0.1) is 0 Å². The van der Waals surface area contributed by atoms with E-state index < -0.39 is 0 Å². The summed E-state index contributed by atoms with van der Waals surface area (Å²) in [6.45, 7) is 9.14. The van der Waals surface area contributed by atoms with Gasteiger partial charge in [0.05, 0.1) is 23.6 Å². The molecule has 1 N–H and O–H groups in total. The molecule has 8 nitrogen and oxygen atoms in total. The summed E-state index contributed by atoms with van der Waals surface area (Å²) in [5, 5.41) is 18.8. The van der Waals surface area contributed by atoms with Gasteiger partial charge in [-0.3, -0.25) is 19.0 Å². The molecule has 1 aliphatic heterocycles. The number of hydrogen-bond acceptors (Lipinski definition) is 7. The first-order valence-electron chi connectivity index (χ1n) is 12.7. The number of fused-ring (bicyclic) bond motifs is 2. The minimum absolute atomic E-state index is 0.236. The first kappa shape index (κ1) is 23.9. The summed E-state index contributed by atoms with van der Waals surface area (Å²) in [5.74, 6) is 0. The maximum absolute atomic E-state index is 4.71. The van der Waals surface area contributed by atoms with Crippen molar-refractivity contribution in [3.63, 3.8) is 0 Å². The van der Waals surface area contributed by atoms with Gasteiger partial charge < -0.3 is 5.32 Å². The summed E-state index contributed by atoms with van der Waals surface area (Å²) in [7, 11) is 1.92. The Hall–Kier alpha value is -3.43. The second-order valence-corrected chi connectivity index (χ2v) is 11.8. The van der Waals surface area contributed by atoms with Crippen molar-refractivity contribution in [2.75, 3.05) is 18.4 Å². The topological polar surface area (TPSA) is 76.2 Å². The number of nitrogens with zero attached hydrogens (tertiary/aromatic N) is 7. The lowest BCUT2D eigenvalue weighted by Gasteiger charge is -2.41. The van der Waals surface area contributed by atoms with Gasteiger partial charge in [-0.2, -0.15) is 5.10 Å². The number of rotatable bonds is 5. The number of benzene rings is 1. The number of hydrogen-bond donors (Lipinski definition) is 1. The zero-order valence-electron chi connectivity index (χ0n) is 21.7. The average Bonchev–Trinajstić information content (AvgIpc) is 3.49. The summed E-state index contributed by atoms with van der Waals surface area (Å²) >= 11 is 1.61. The maximum Gasteiger partial charge on any atom is 0.200 e. The number of aryl methyl sites for hydroxylation is 1. The fourth-order valence-corrected chi connectivity index (χ4v) is 5.83. The predicted octanol–water partition coefficient (Wildman–Crippen LogP) is 5.50. The molecule has 0 radical (unpaired) electrons. The van der Waals surface area contributed by atoms with Gasteiger partial charge in [-0.05, 0) is 81.8 Å².